The normalized spacial score (nSPS) is 10.4. The van der Waals surface area contributed by atoms with Crippen molar-refractivity contribution in [2.75, 3.05) is 11.9 Å². The van der Waals surface area contributed by atoms with Crippen LogP contribution in [0, 0.1) is 6.92 Å². The molecule has 9 heteroatoms. The second kappa shape index (κ2) is 9.14. The van der Waals surface area contributed by atoms with Crippen molar-refractivity contribution in [3.05, 3.63) is 70.6 Å². The molecule has 0 aliphatic heterocycles. The van der Waals surface area contributed by atoms with Crippen LogP contribution in [0.15, 0.2) is 59.5 Å². The van der Waals surface area contributed by atoms with Crippen LogP contribution in [0.1, 0.15) is 11.1 Å². The summed E-state index contributed by atoms with van der Waals surface area (Å²) >= 11 is 3.38. The number of halogens is 1. The molecule has 0 atom stereocenters. The minimum absolute atomic E-state index is 0.127. The third-order valence-corrected chi connectivity index (χ3v) is 4.37. The maximum atomic E-state index is 12.0. The first-order valence-corrected chi connectivity index (χ1v) is 9.33. The molecule has 1 aromatic carbocycles. The maximum absolute atomic E-state index is 12.0. The number of aryl methyl sites for hydroxylation is 1. The average Bonchev–Trinajstić information content (AvgIpc) is 3.22. The van der Waals surface area contributed by atoms with Crippen LogP contribution in [-0.4, -0.2) is 33.2 Å². The SMILES string of the molecule is Cc1cc(Br)ccc1NC(=O)CNC(=O)NCc1ccc(-n2cccn2)nc1. The fraction of sp³-hybridized carbons (Fsp3) is 0.158. The molecule has 0 bridgehead atoms. The lowest BCUT2D eigenvalue weighted by Crippen LogP contribution is -2.39. The molecule has 0 saturated heterocycles. The Bertz CT molecular complexity index is 957. The molecule has 144 valence electrons. The van der Waals surface area contributed by atoms with Gasteiger partial charge in [0.05, 0.1) is 6.54 Å². The summed E-state index contributed by atoms with van der Waals surface area (Å²) in [5.41, 5.74) is 2.47. The molecule has 3 rings (SSSR count). The lowest BCUT2D eigenvalue weighted by atomic mass is 10.2. The van der Waals surface area contributed by atoms with Gasteiger partial charge in [0.15, 0.2) is 5.82 Å². The van der Waals surface area contributed by atoms with Crippen LogP contribution in [0.3, 0.4) is 0 Å². The zero-order valence-corrected chi connectivity index (χ0v) is 16.7. The number of rotatable bonds is 6. The first-order chi connectivity index (χ1) is 13.5. The summed E-state index contributed by atoms with van der Waals surface area (Å²) in [4.78, 5) is 28.2. The van der Waals surface area contributed by atoms with Crippen LogP contribution in [0.2, 0.25) is 0 Å². The van der Waals surface area contributed by atoms with Gasteiger partial charge in [-0.05, 0) is 48.4 Å². The smallest absolute Gasteiger partial charge is 0.315 e. The van der Waals surface area contributed by atoms with Gasteiger partial charge in [-0.1, -0.05) is 22.0 Å². The van der Waals surface area contributed by atoms with Crippen molar-refractivity contribution in [1.29, 1.82) is 0 Å². The van der Waals surface area contributed by atoms with E-state index in [0.717, 1.165) is 15.6 Å². The van der Waals surface area contributed by atoms with Gasteiger partial charge in [0.2, 0.25) is 5.91 Å². The fourth-order valence-electron chi connectivity index (χ4n) is 2.43. The number of urea groups is 1. The molecule has 2 aromatic heterocycles. The predicted octanol–water partition coefficient (Wildman–Crippen LogP) is 2.78. The van der Waals surface area contributed by atoms with Crippen molar-refractivity contribution in [3.63, 3.8) is 0 Å². The summed E-state index contributed by atoms with van der Waals surface area (Å²) in [6.45, 7) is 2.07. The van der Waals surface area contributed by atoms with E-state index in [1.807, 2.05) is 37.3 Å². The van der Waals surface area contributed by atoms with E-state index in [0.29, 0.717) is 18.1 Å². The van der Waals surface area contributed by atoms with Gasteiger partial charge in [0.1, 0.15) is 0 Å². The molecule has 0 spiro atoms. The Morgan fingerprint density at radius 3 is 2.71 bits per heavy atom. The molecule has 3 aromatic rings. The minimum atomic E-state index is -0.432. The minimum Gasteiger partial charge on any atom is -0.334 e. The van der Waals surface area contributed by atoms with E-state index in [1.165, 1.54) is 0 Å². The number of amides is 3. The van der Waals surface area contributed by atoms with Gasteiger partial charge >= 0.3 is 6.03 Å². The molecule has 2 heterocycles. The highest BCUT2D eigenvalue weighted by molar-refractivity contribution is 9.10. The average molecular weight is 443 g/mol. The van der Waals surface area contributed by atoms with Crippen LogP contribution in [0.4, 0.5) is 10.5 Å². The van der Waals surface area contributed by atoms with E-state index in [2.05, 4.69) is 42.0 Å². The molecule has 0 aliphatic carbocycles. The molecule has 3 amide bonds. The van der Waals surface area contributed by atoms with Gasteiger partial charge in [-0.15, -0.1) is 0 Å². The number of hydrogen-bond acceptors (Lipinski definition) is 4. The standard InChI is InChI=1S/C19H19BrN6O2/c1-13-9-15(20)4-5-16(13)25-18(27)12-23-19(28)22-11-14-3-6-17(21-10-14)26-8-2-7-24-26/h2-10H,11-12H2,1H3,(H,25,27)(H2,22,23,28). The second-order valence-corrected chi connectivity index (χ2v) is 6.93. The second-order valence-electron chi connectivity index (χ2n) is 6.02. The van der Waals surface area contributed by atoms with Crippen molar-refractivity contribution in [2.24, 2.45) is 0 Å². The first-order valence-electron chi connectivity index (χ1n) is 8.54. The molecule has 0 aliphatic rings. The number of carbonyl (C=O) groups excluding carboxylic acids is 2. The monoisotopic (exact) mass is 442 g/mol. The van der Waals surface area contributed by atoms with E-state index >= 15 is 0 Å². The van der Waals surface area contributed by atoms with Crippen LogP contribution in [0.5, 0.6) is 0 Å². The summed E-state index contributed by atoms with van der Waals surface area (Å²) in [6, 6.07) is 10.6. The van der Waals surface area contributed by atoms with E-state index in [9.17, 15) is 9.59 Å². The fourth-order valence-corrected chi connectivity index (χ4v) is 2.90. The highest BCUT2D eigenvalue weighted by atomic mass is 79.9. The van der Waals surface area contributed by atoms with E-state index in [-0.39, 0.29) is 12.5 Å². The van der Waals surface area contributed by atoms with Crippen molar-refractivity contribution >= 4 is 33.6 Å². The van der Waals surface area contributed by atoms with Gasteiger partial charge in [-0.2, -0.15) is 5.10 Å². The topological polar surface area (TPSA) is 101 Å². The van der Waals surface area contributed by atoms with Crippen LogP contribution < -0.4 is 16.0 Å². The Hall–Kier alpha value is -3.20. The number of benzene rings is 1. The highest BCUT2D eigenvalue weighted by Gasteiger charge is 2.08. The highest BCUT2D eigenvalue weighted by Crippen LogP contribution is 2.19. The molecule has 0 radical (unpaired) electrons. The quantitative estimate of drug-likeness (QED) is 0.546. The Balaban J connectivity index is 1.42. The third-order valence-electron chi connectivity index (χ3n) is 3.87. The Morgan fingerprint density at radius 2 is 2.04 bits per heavy atom. The molecular formula is C19H19BrN6O2. The molecule has 0 fully saturated rings. The van der Waals surface area contributed by atoms with E-state index in [4.69, 9.17) is 0 Å². The zero-order valence-electron chi connectivity index (χ0n) is 15.1. The molecular weight excluding hydrogens is 424 g/mol. The third kappa shape index (κ3) is 5.40. The van der Waals surface area contributed by atoms with Crippen molar-refractivity contribution in [2.45, 2.75) is 13.5 Å². The molecule has 3 N–H and O–H groups in total. The predicted molar refractivity (Wildman–Crippen MR) is 109 cm³/mol. The van der Waals surface area contributed by atoms with Gasteiger partial charge in [-0.3, -0.25) is 4.79 Å². The lowest BCUT2D eigenvalue weighted by Gasteiger charge is -2.10. The van der Waals surface area contributed by atoms with E-state index in [1.54, 1.807) is 29.3 Å². The summed E-state index contributed by atoms with van der Waals surface area (Å²) in [7, 11) is 0. The Labute approximate surface area is 170 Å². The zero-order chi connectivity index (χ0) is 19.9. The largest absolute Gasteiger partial charge is 0.334 e. The Morgan fingerprint density at radius 1 is 1.18 bits per heavy atom. The maximum Gasteiger partial charge on any atom is 0.315 e. The summed E-state index contributed by atoms with van der Waals surface area (Å²) in [6.07, 6.45) is 5.14. The van der Waals surface area contributed by atoms with Gasteiger partial charge in [0, 0.05) is 35.3 Å². The summed E-state index contributed by atoms with van der Waals surface area (Å²) < 4.78 is 2.59. The van der Waals surface area contributed by atoms with Crippen molar-refractivity contribution in [3.8, 4) is 5.82 Å². The van der Waals surface area contributed by atoms with Crippen LogP contribution in [-0.2, 0) is 11.3 Å². The number of anilines is 1. The van der Waals surface area contributed by atoms with Gasteiger partial charge < -0.3 is 16.0 Å². The van der Waals surface area contributed by atoms with E-state index < -0.39 is 6.03 Å². The summed E-state index contributed by atoms with van der Waals surface area (Å²) in [5.74, 6) is 0.393. The number of pyridine rings is 1. The molecule has 8 nitrogen and oxygen atoms in total. The molecule has 28 heavy (non-hydrogen) atoms. The lowest BCUT2D eigenvalue weighted by molar-refractivity contribution is -0.115. The van der Waals surface area contributed by atoms with Crippen LogP contribution >= 0.6 is 15.9 Å². The number of nitrogens with one attached hydrogen (secondary N) is 3. The number of aromatic nitrogens is 3. The number of hydrogen-bond donors (Lipinski definition) is 3. The van der Waals surface area contributed by atoms with Crippen molar-refractivity contribution in [1.82, 2.24) is 25.4 Å². The van der Waals surface area contributed by atoms with Crippen molar-refractivity contribution < 1.29 is 9.59 Å². The molecule has 0 saturated carbocycles. The molecule has 0 unspecified atom stereocenters. The Kier molecular flexibility index (Phi) is 6.38. The first kappa shape index (κ1) is 19.6. The van der Waals surface area contributed by atoms with Crippen LogP contribution in [0.25, 0.3) is 5.82 Å². The summed E-state index contributed by atoms with van der Waals surface area (Å²) in [5, 5.41) is 12.1. The van der Waals surface area contributed by atoms with Gasteiger partial charge in [-0.25, -0.2) is 14.5 Å². The van der Waals surface area contributed by atoms with Gasteiger partial charge in [0.25, 0.3) is 0 Å². The number of carbonyl (C=O) groups is 2. The number of nitrogens with zero attached hydrogens (tertiary/aromatic N) is 3.